The van der Waals surface area contributed by atoms with Crippen molar-refractivity contribution in [2.75, 3.05) is 5.32 Å². The van der Waals surface area contributed by atoms with Crippen LogP contribution in [0.1, 0.15) is 22.4 Å². The number of furan rings is 1. The van der Waals surface area contributed by atoms with Crippen molar-refractivity contribution in [3.8, 4) is 0 Å². The van der Waals surface area contributed by atoms with Crippen LogP contribution in [-0.4, -0.2) is 16.8 Å². The summed E-state index contributed by atoms with van der Waals surface area (Å²) in [7, 11) is 0. The molecule has 1 atom stereocenters. The van der Waals surface area contributed by atoms with Crippen LogP contribution in [0.5, 0.6) is 0 Å². The van der Waals surface area contributed by atoms with Gasteiger partial charge >= 0.3 is 0 Å². The molecule has 0 fully saturated rings. The van der Waals surface area contributed by atoms with Crippen LogP contribution < -0.4 is 11.1 Å². The highest BCUT2D eigenvalue weighted by atomic mass is 79.9. The van der Waals surface area contributed by atoms with E-state index in [1.807, 2.05) is 12.1 Å². The molecule has 0 aliphatic heterocycles. The average Bonchev–Trinajstić information content (AvgIpc) is 3.13. The maximum atomic E-state index is 12.2. The molecule has 3 aromatic heterocycles. The number of nitrogens with two attached hydrogens (primary N) is 1. The number of hydrogen-bond acceptors (Lipinski definition) is 6. The lowest BCUT2D eigenvalue weighted by Crippen LogP contribution is -2.26. The highest BCUT2D eigenvalue weighted by molar-refractivity contribution is 9.10. The van der Waals surface area contributed by atoms with Gasteiger partial charge in [-0.25, -0.2) is 4.98 Å². The van der Waals surface area contributed by atoms with Gasteiger partial charge in [0, 0.05) is 6.07 Å². The van der Waals surface area contributed by atoms with Gasteiger partial charge in [-0.15, -0.1) is 11.3 Å². The number of ketones is 1. The maximum Gasteiger partial charge on any atom is 0.190 e. The van der Waals surface area contributed by atoms with Crippen molar-refractivity contribution < 1.29 is 9.21 Å². The molecule has 0 aliphatic carbocycles. The topological polar surface area (TPSA) is 81.2 Å². The summed E-state index contributed by atoms with van der Waals surface area (Å²) in [5, 5.41) is 3.61. The molecule has 0 bridgehead atoms. The Hall–Kier alpha value is -1.41. The molecule has 0 unspecified atom stereocenters. The number of hydrogen-bond donors (Lipinski definition) is 2. The number of carbonyl (C=O) groups excluding carboxylic acids is 1. The smallest absolute Gasteiger partial charge is 0.190 e. The lowest BCUT2D eigenvalue weighted by atomic mass is 10.2. The second kappa shape index (κ2) is 6.60. The van der Waals surface area contributed by atoms with Crippen molar-refractivity contribution in [3.63, 3.8) is 0 Å². The first-order chi connectivity index (χ1) is 11.0. The zero-order valence-electron chi connectivity index (χ0n) is 12.1. The van der Waals surface area contributed by atoms with E-state index in [0.29, 0.717) is 26.6 Å². The van der Waals surface area contributed by atoms with Gasteiger partial charge in [0.2, 0.25) is 0 Å². The number of nitrogens with zero attached hydrogens (tertiary/aromatic N) is 1. The number of rotatable bonds is 5. The number of halogens is 2. The Kier molecular flexibility index (Phi) is 4.72. The first kappa shape index (κ1) is 16.4. The number of nitrogens with one attached hydrogen (secondary N) is 1. The van der Waals surface area contributed by atoms with Crippen molar-refractivity contribution in [1.82, 2.24) is 4.98 Å². The normalized spacial score (nSPS) is 12.5. The fourth-order valence-electron chi connectivity index (χ4n) is 2.10. The average molecular weight is 415 g/mol. The highest BCUT2D eigenvalue weighted by Crippen LogP contribution is 2.40. The molecule has 0 aromatic carbocycles. The van der Waals surface area contributed by atoms with Crippen molar-refractivity contribution in [1.29, 1.82) is 0 Å². The Labute approximate surface area is 150 Å². The zero-order chi connectivity index (χ0) is 16.6. The third-order valence-corrected chi connectivity index (χ3v) is 5.68. The molecule has 120 valence electrons. The molecule has 0 amide bonds. The Balaban J connectivity index is 2.03. The van der Waals surface area contributed by atoms with E-state index < -0.39 is 6.04 Å². The molecule has 0 saturated carbocycles. The number of anilines is 1. The van der Waals surface area contributed by atoms with E-state index in [1.54, 1.807) is 19.3 Å². The van der Waals surface area contributed by atoms with Crippen LogP contribution in [0.4, 0.5) is 5.69 Å². The summed E-state index contributed by atoms with van der Waals surface area (Å²) in [6.07, 6.45) is 1.62. The van der Waals surface area contributed by atoms with Crippen LogP contribution in [0, 0.1) is 0 Å². The number of fused-ring (bicyclic) bond motifs is 1. The molecule has 3 aromatic rings. The molecule has 0 saturated heterocycles. The van der Waals surface area contributed by atoms with Gasteiger partial charge in [0.05, 0.1) is 44.1 Å². The fourth-order valence-corrected chi connectivity index (χ4v) is 4.31. The van der Waals surface area contributed by atoms with Gasteiger partial charge in [-0.1, -0.05) is 11.6 Å². The van der Waals surface area contributed by atoms with Gasteiger partial charge in [0.15, 0.2) is 5.78 Å². The van der Waals surface area contributed by atoms with Crippen molar-refractivity contribution in [2.45, 2.75) is 19.5 Å². The van der Waals surface area contributed by atoms with Gasteiger partial charge in [0.25, 0.3) is 0 Å². The van der Waals surface area contributed by atoms with Crippen molar-refractivity contribution in [2.24, 2.45) is 5.73 Å². The standard InChI is InChI=1S/C15H13BrClN3O2S/c1-7(18)13(21)15-11(16)12-14(23-15)9(5-10(17)20-12)19-6-8-3-2-4-22-8/h2-5,7H,6,18H2,1H3,(H,19,20)/t7-/m0/s1. The second-order valence-corrected chi connectivity index (χ2v) is 7.20. The minimum absolute atomic E-state index is 0.131. The quantitative estimate of drug-likeness (QED) is 0.476. The van der Waals surface area contributed by atoms with Crippen LogP contribution in [0.2, 0.25) is 5.15 Å². The van der Waals surface area contributed by atoms with E-state index in [4.69, 9.17) is 21.8 Å². The Bertz CT molecular complexity index is 861. The lowest BCUT2D eigenvalue weighted by Gasteiger charge is -2.06. The molecular weight excluding hydrogens is 402 g/mol. The van der Waals surface area contributed by atoms with Gasteiger partial charge in [0.1, 0.15) is 10.9 Å². The molecule has 23 heavy (non-hydrogen) atoms. The van der Waals surface area contributed by atoms with Crippen molar-refractivity contribution in [3.05, 3.63) is 44.7 Å². The van der Waals surface area contributed by atoms with E-state index in [1.165, 1.54) is 11.3 Å². The SMILES string of the molecule is C[C@H](N)C(=O)c1sc2c(NCc3ccco3)cc(Cl)nc2c1Br. The molecular formula is C15H13BrClN3O2S. The van der Waals surface area contributed by atoms with Gasteiger partial charge in [-0.05, 0) is 35.0 Å². The van der Waals surface area contributed by atoms with E-state index >= 15 is 0 Å². The van der Waals surface area contributed by atoms with E-state index in [2.05, 4.69) is 26.2 Å². The molecule has 3 N–H and O–H groups in total. The number of aromatic nitrogens is 1. The largest absolute Gasteiger partial charge is 0.467 e. The maximum absolute atomic E-state index is 12.2. The van der Waals surface area contributed by atoms with Gasteiger partial charge in [-0.2, -0.15) is 0 Å². The van der Waals surface area contributed by atoms with Gasteiger partial charge < -0.3 is 15.5 Å². The summed E-state index contributed by atoms with van der Waals surface area (Å²) >= 11 is 10.9. The predicted molar refractivity (Wildman–Crippen MR) is 96.3 cm³/mol. The summed E-state index contributed by atoms with van der Waals surface area (Å²) in [5.41, 5.74) is 7.16. The van der Waals surface area contributed by atoms with Crippen LogP contribution in [-0.2, 0) is 6.54 Å². The minimum atomic E-state index is -0.575. The lowest BCUT2D eigenvalue weighted by molar-refractivity contribution is 0.0971. The number of pyridine rings is 1. The summed E-state index contributed by atoms with van der Waals surface area (Å²) in [6.45, 7) is 2.17. The third-order valence-electron chi connectivity index (χ3n) is 3.22. The van der Waals surface area contributed by atoms with E-state index in [0.717, 1.165) is 16.1 Å². The molecule has 3 heterocycles. The summed E-state index contributed by atoms with van der Waals surface area (Å²) in [6, 6.07) is 4.86. The minimum Gasteiger partial charge on any atom is -0.467 e. The summed E-state index contributed by atoms with van der Waals surface area (Å²) < 4.78 is 6.78. The number of carbonyl (C=O) groups is 1. The zero-order valence-corrected chi connectivity index (χ0v) is 15.3. The predicted octanol–water partition coefficient (Wildman–Crippen LogP) is 4.45. The first-order valence-electron chi connectivity index (χ1n) is 6.82. The highest BCUT2D eigenvalue weighted by Gasteiger charge is 2.22. The van der Waals surface area contributed by atoms with E-state index in [9.17, 15) is 4.79 Å². The van der Waals surface area contributed by atoms with E-state index in [-0.39, 0.29) is 5.78 Å². The molecule has 0 spiro atoms. The van der Waals surface area contributed by atoms with Crippen LogP contribution in [0.15, 0.2) is 33.4 Å². The fraction of sp³-hybridized carbons (Fsp3) is 0.200. The Morgan fingerprint density at radius 3 is 3.04 bits per heavy atom. The monoisotopic (exact) mass is 413 g/mol. The van der Waals surface area contributed by atoms with Crippen LogP contribution in [0.25, 0.3) is 10.2 Å². The number of Topliss-reactive ketones (excluding diaryl/α,β-unsaturated/α-hetero) is 1. The molecule has 8 heteroatoms. The second-order valence-electron chi connectivity index (χ2n) is 5.00. The molecule has 3 rings (SSSR count). The molecule has 0 radical (unpaired) electrons. The Morgan fingerprint density at radius 2 is 2.39 bits per heavy atom. The summed E-state index contributed by atoms with van der Waals surface area (Å²) in [5.74, 6) is 0.668. The van der Waals surface area contributed by atoms with Crippen LogP contribution >= 0.6 is 38.9 Å². The molecule has 5 nitrogen and oxygen atoms in total. The number of thiophene rings is 1. The van der Waals surface area contributed by atoms with Crippen molar-refractivity contribution >= 4 is 60.6 Å². The summed E-state index contributed by atoms with van der Waals surface area (Å²) in [4.78, 5) is 17.1. The third kappa shape index (κ3) is 3.28. The van der Waals surface area contributed by atoms with Gasteiger partial charge in [-0.3, -0.25) is 4.79 Å². The van der Waals surface area contributed by atoms with Crippen LogP contribution in [0.3, 0.4) is 0 Å². The molecule has 0 aliphatic rings. The Morgan fingerprint density at radius 1 is 1.61 bits per heavy atom. The first-order valence-corrected chi connectivity index (χ1v) is 8.80.